The number of hydrogen-bond acceptors (Lipinski definition) is 5. The molecule has 1 aromatic rings. The number of esters is 1. The molecule has 0 amide bonds. The Bertz CT molecular complexity index is 413. The molecule has 0 aromatic carbocycles. The summed E-state index contributed by atoms with van der Waals surface area (Å²) in [5.74, 6) is 1.16. The van der Waals surface area contributed by atoms with E-state index in [0.29, 0.717) is 12.5 Å². The SMILES string of the molecule is COC(=O)c1ccc(CN2CCCC(CCO)C2)o1. The minimum atomic E-state index is -0.442. The normalized spacial score (nSPS) is 20.4. The fourth-order valence-corrected chi connectivity index (χ4v) is 2.61. The van der Waals surface area contributed by atoms with Gasteiger partial charge in [0.05, 0.1) is 13.7 Å². The Morgan fingerprint density at radius 1 is 1.58 bits per heavy atom. The third-order valence-electron chi connectivity index (χ3n) is 3.57. The molecule has 0 bridgehead atoms. The number of aliphatic hydroxyl groups excluding tert-OH is 1. The van der Waals surface area contributed by atoms with Crippen molar-refractivity contribution in [2.24, 2.45) is 5.92 Å². The molecule has 5 nitrogen and oxygen atoms in total. The lowest BCUT2D eigenvalue weighted by molar-refractivity contribution is 0.0559. The molecular formula is C14H21NO4. The maximum atomic E-state index is 11.3. The summed E-state index contributed by atoms with van der Waals surface area (Å²) in [4.78, 5) is 13.6. The van der Waals surface area contributed by atoms with Crippen molar-refractivity contribution < 1.29 is 19.1 Å². The number of ether oxygens (including phenoxy) is 1. The van der Waals surface area contributed by atoms with Crippen LogP contribution >= 0.6 is 0 Å². The Labute approximate surface area is 113 Å². The van der Waals surface area contributed by atoms with Crippen molar-refractivity contribution in [3.05, 3.63) is 23.7 Å². The second kappa shape index (κ2) is 6.73. The first-order chi connectivity index (χ1) is 9.22. The fraction of sp³-hybridized carbons (Fsp3) is 0.643. The monoisotopic (exact) mass is 267 g/mol. The Hall–Kier alpha value is -1.33. The molecule has 19 heavy (non-hydrogen) atoms. The third-order valence-corrected chi connectivity index (χ3v) is 3.57. The maximum absolute atomic E-state index is 11.3. The van der Waals surface area contributed by atoms with Crippen LogP contribution in [0.5, 0.6) is 0 Å². The van der Waals surface area contributed by atoms with Crippen molar-refractivity contribution in [3.63, 3.8) is 0 Å². The highest BCUT2D eigenvalue weighted by atomic mass is 16.5. The van der Waals surface area contributed by atoms with E-state index in [1.54, 1.807) is 6.07 Å². The Morgan fingerprint density at radius 3 is 3.16 bits per heavy atom. The highest BCUT2D eigenvalue weighted by Gasteiger charge is 2.21. The highest BCUT2D eigenvalue weighted by Crippen LogP contribution is 2.21. The first-order valence-corrected chi connectivity index (χ1v) is 6.73. The molecule has 1 unspecified atom stereocenters. The lowest BCUT2D eigenvalue weighted by Crippen LogP contribution is -2.35. The van der Waals surface area contributed by atoms with Gasteiger partial charge in [-0.25, -0.2) is 4.79 Å². The number of likely N-dealkylation sites (tertiary alicyclic amines) is 1. The van der Waals surface area contributed by atoms with Crippen LogP contribution in [0.15, 0.2) is 16.5 Å². The maximum Gasteiger partial charge on any atom is 0.373 e. The van der Waals surface area contributed by atoms with Crippen LogP contribution in [0.4, 0.5) is 0 Å². The number of furan rings is 1. The number of carbonyl (C=O) groups excluding carboxylic acids is 1. The standard InChI is InChI=1S/C14H21NO4/c1-18-14(17)13-5-4-12(19-13)10-15-7-2-3-11(9-15)6-8-16/h4-5,11,16H,2-3,6-10H2,1H3. The van der Waals surface area contributed by atoms with E-state index in [4.69, 9.17) is 9.52 Å². The van der Waals surface area contributed by atoms with E-state index in [9.17, 15) is 4.79 Å². The van der Waals surface area contributed by atoms with Crippen LogP contribution in [0, 0.1) is 5.92 Å². The molecule has 2 heterocycles. The van der Waals surface area contributed by atoms with Crippen molar-refractivity contribution in [2.75, 3.05) is 26.8 Å². The summed E-state index contributed by atoms with van der Waals surface area (Å²) < 4.78 is 10.1. The average molecular weight is 267 g/mol. The van der Waals surface area contributed by atoms with Crippen molar-refractivity contribution in [2.45, 2.75) is 25.8 Å². The molecule has 1 fully saturated rings. The number of hydrogen-bond donors (Lipinski definition) is 1. The Kier molecular flexibility index (Phi) is 4.99. The Balaban J connectivity index is 1.89. The summed E-state index contributed by atoms with van der Waals surface area (Å²) >= 11 is 0. The number of nitrogens with zero attached hydrogens (tertiary/aromatic N) is 1. The molecule has 1 aliphatic rings. The molecule has 1 atom stereocenters. The Morgan fingerprint density at radius 2 is 2.42 bits per heavy atom. The van der Waals surface area contributed by atoms with E-state index < -0.39 is 5.97 Å². The zero-order chi connectivity index (χ0) is 13.7. The zero-order valence-corrected chi connectivity index (χ0v) is 11.3. The summed E-state index contributed by atoms with van der Waals surface area (Å²) in [5.41, 5.74) is 0. The first kappa shape index (κ1) is 14.1. The van der Waals surface area contributed by atoms with Gasteiger partial charge in [0.15, 0.2) is 0 Å². The number of carbonyl (C=O) groups is 1. The minimum absolute atomic E-state index is 0.251. The van der Waals surface area contributed by atoms with E-state index in [0.717, 1.165) is 31.7 Å². The van der Waals surface area contributed by atoms with E-state index in [-0.39, 0.29) is 12.4 Å². The van der Waals surface area contributed by atoms with E-state index in [1.807, 2.05) is 6.07 Å². The van der Waals surface area contributed by atoms with Crippen LogP contribution in [-0.4, -0.2) is 42.8 Å². The molecule has 0 spiro atoms. The van der Waals surface area contributed by atoms with Gasteiger partial charge >= 0.3 is 5.97 Å². The third kappa shape index (κ3) is 3.81. The van der Waals surface area contributed by atoms with E-state index in [1.165, 1.54) is 13.5 Å². The highest BCUT2D eigenvalue weighted by molar-refractivity contribution is 5.86. The van der Waals surface area contributed by atoms with Crippen LogP contribution in [-0.2, 0) is 11.3 Å². The van der Waals surface area contributed by atoms with Gasteiger partial charge in [-0.1, -0.05) is 0 Å². The predicted octanol–water partition coefficient (Wildman–Crippen LogP) is 1.66. The van der Waals surface area contributed by atoms with E-state index in [2.05, 4.69) is 9.64 Å². The van der Waals surface area contributed by atoms with Gasteiger partial charge in [0.1, 0.15) is 5.76 Å². The zero-order valence-electron chi connectivity index (χ0n) is 11.3. The topological polar surface area (TPSA) is 62.9 Å². The van der Waals surface area contributed by atoms with Gasteiger partial charge in [-0.05, 0) is 43.9 Å². The number of methoxy groups -OCH3 is 1. The summed E-state index contributed by atoms with van der Waals surface area (Å²) in [6, 6.07) is 3.47. The summed E-state index contributed by atoms with van der Waals surface area (Å²) in [5, 5.41) is 9.00. The molecule has 2 rings (SSSR count). The molecule has 0 radical (unpaired) electrons. The van der Waals surface area contributed by atoms with Gasteiger partial charge < -0.3 is 14.3 Å². The fourth-order valence-electron chi connectivity index (χ4n) is 2.61. The second-order valence-electron chi connectivity index (χ2n) is 5.01. The number of piperidine rings is 1. The largest absolute Gasteiger partial charge is 0.463 e. The molecule has 1 aliphatic heterocycles. The summed E-state index contributed by atoms with van der Waals surface area (Å²) in [6.45, 7) is 2.98. The van der Waals surface area contributed by atoms with Crippen LogP contribution in [0.2, 0.25) is 0 Å². The average Bonchev–Trinajstić information content (AvgIpc) is 2.87. The summed E-state index contributed by atoms with van der Waals surface area (Å²) in [6.07, 6.45) is 3.19. The minimum Gasteiger partial charge on any atom is -0.463 e. The van der Waals surface area contributed by atoms with Crippen molar-refractivity contribution in [1.29, 1.82) is 0 Å². The van der Waals surface area contributed by atoms with E-state index >= 15 is 0 Å². The van der Waals surface area contributed by atoms with Crippen LogP contribution in [0.3, 0.4) is 0 Å². The van der Waals surface area contributed by atoms with Gasteiger partial charge in [0, 0.05) is 13.2 Å². The summed E-state index contributed by atoms with van der Waals surface area (Å²) in [7, 11) is 1.34. The lowest BCUT2D eigenvalue weighted by atomic mass is 9.95. The quantitative estimate of drug-likeness (QED) is 0.822. The van der Waals surface area contributed by atoms with Crippen molar-refractivity contribution in [3.8, 4) is 0 Å². The first-order valence-electron chi connectivity index (χ1n) is 6.73. The van der Waals surface area contributed by atoms with Gasteiger partial charge in [-0.3, -0.25) is 4.90 Å². The number of rotatable bonds is 5. The lowest BCUT2D eigenvalue weighted by Gasteiger charge is -2.31. The van der Waals surface area contributed by atoms with Crippen molar-refractivity contribution >= 4 is 5.97 Å². The molecule has 1 aromatic heterocycles. The van der Waals surface area contributed by atoms with Gasteiger partial charge in [-0.15, -0.1) is 0 Å². The molecule has 106 valence electrons. The molecule has 1 saturated heterocycles. The second-order valence-corrected chi connectivity index (χ2v) is 5.01. The van der Waals surface area contributed by atoms with Crippen LogP contribution < -0.4 is 0 Å². The predicted molar refractivity (Wildman–Crippen MR) is 69.8 cm³/mol. The molecular weight excluding hydrogens is 246 g/mol. The van der Waals surface area contributed by atoms with Gasteiger partial charge in [0.2, 0.25) is 5.76 Å². The van der Waals surface area contributed by atoms with Gasteiger partial charge in [-0.2, -0.15) is 0 Å². The molecule has 1 N–H and O–H groups in total. The molecule has 5 heteroatoms. The van der Waals surface area contributed by atoms with Gasteiger partial charge in [0.25, 0.3) is 0 Å². The van der Waals surface area contributed by atoms with Crippen LogP contribution in [0.25, 0.3) is 0 Å². The van der Waals surface area contributed by atoms with Crippen LogP contribution in [0.1, 0.15) is 35.6 Å². The number of aliphatic hydroxyl groups is 1. The smallest absolute Gasteiger partial charge is 0.373 e. The molecule has 0 saturated carbocycles. The molecule has 0 aliphatic carbocycles. The van der Waals surface area contributed by atoms with Crippen molar-refractivity contribution in [1.82, 2.24) is 4.90 Å².